The fourth-order valence-corrected chi connectivity index (χ4v) is 5.43. The van der Waals surface area contributed by atoms with Crippen molar-refractivity contribution in [3.63, 3.8) is 0 Å². The Bertz CT molecular complexity index is 1130. The molecule has 1 aromatic heterocycles. The molecule has 174 valence electrons. The van der Waals surface area contributed by atoms with E-state index in [0.29, 0.717) is 6.04 Å². The number of aromatic nitrogens is 2. The summed E-state index contributed by atoms with van der Waals surface area (Å²) in [5.41, 5.74) is 10.3. The fourth-order valence-electron chi connectivity index (χ4n) is 5.43. The second-order valence-electron chi connectivity index (χ2n) is 10.1. The first-order chi connectivity index (χ1) is 16.0. The van der Waals surface area contributed by atoms with E-state index in [-0.39, 0.29) is 0 Å². The highest BCUT2D eigenvalue weighted by Crippen LogP contribution is 2.41. The summed E-state index contributed by atoms with van der Waals surface area (Å²) in [4.78, 5) is 9.44. The maximum atomic E-state index is 5.30. The van der Waals surface area contributed by atoms with E-state index in [1.807, 2.05) is 7.05 Å². The highest BCUT2D eigenvalue weighted by atomic mass is 15.4. The molecule has 5 heteroatoms. The molecule has 0 N–H and O–H groups in total. The van der Waals surface area contributed by atoms with Crippen LogP contribution in [0.3, 0.4) is 0 Å². The van der Waals surface area contributed by atoms with E-state index in [1.165, 1.54) is 58.7 Å². The van der Waals surface area contributed by atoms with Crippen LogP contribution < -0.4 is 4.90 Å². The topological polar surface area (TPSA) is 36.7 Å². The van der Waals surface area contributed by atoms with E-state index in [0.717, 1.165) is 50.3 Å². The molecule has 0 amide bonds. The zero-order valence-corrected chi connectivity index (χ0v) is 20.7. The summed E-state index contributed by atoms with van der Waals surface area (Å²) in [6.45, 7) is 13.6. The summed E-state index contributed by atoms with van der Waals surface area (Å²) < 4.78 is 2.39. The Hall–Kier alpha value is -2.82. The molecule has 0 atom stereocenters. The number of rotatable bonds is 5. The van der Waals surface area contributed by atoms with Gasteiger partial charge in [-0.05, 0) is 76.6 Å². The van der Waals surface area contributed by atoms with Crippen molar-refractivity contribution in [3.05, 3.63) is 64.5 Å². The van der Waals surface area contributed by atoms with Crippen molar-refractivity contribution >= 4 is 17.2 Å². The third-order valence-electron chi connectivity index (χ3n) is 7.44. The maximum Gasteiger partial charge on any atom is 0.160 e. The normalized spacial score (nSPS) is 18.5. The van der Waals surface area contributed by atoms with Crippen LogP contribution in [0.4, 0.5) is 11.5 Å². The Morgan fingerprint density at radius 2 is 1.94 bits per heavy atom. The van der Waals surface area contributed by atoms with Crippen LogP contribution in [0.2, 0.25) is 0 Å². The molecule has 33 heavy (non-hydrogen) atoms. The number of hydrogen-bond donors (Lipinski definition) is 0. The molecule has 1 fully saturated rings. The summed E-state index contributed by atoms with van der Waals surface area (Å²) in [6, 6.07) is 7.46. The fraction of sp³-hybridized carbons (Fsp3) is 0.500. The molecular weight excluding hydrogens is 406 g/mol. The number of hydrogen-bond acceptors (Lipinski definition) is 4. The second kappa shape index (κ2) is 8.85. The molecule has 0 radical (unpaired) electrons. The molecule has 5 nitrogen and oxygen atoms in total. The highest BCUT2D eigenvalue weighted by molar-refractivity contribution is 6.09. The number of nitrogens with zero attached hydrogens (tertiary/aromatic N) is 5. The monoisotopic (exact) mass is 443 g/mol. The molecule has 1 saturated carbocycles. The number of aryl methyl sites for hydroxylation is 1. The van der Waals surface area contributed by atoms with E-state index in [1.54, 1.807) is 0 Å². The predicted molar refractivity (Wildman–Crippen MR) is 138 cm³/mol. The number of anilines is 2. The Labute approximate surface area is 198 Å². The molecular formula is C28H37N5. The van der Waals surface area contributed by atoms with Crippen molar-refractivity contribution in [2.45, 2.75) is 71.9 Å². The van der Waals surface area contributed by atoms with Crippen molar-refractivity contribution in [2.75, 3.05) is 25.0 Å². The number of allylic oxidation sites excluding steroid dienone is 3. The van der Waals surface area contributed by atoms with Gasteiger partial charge in [-0.25, -0.2) is 0 Å². The average Bonchev–Trinajstić information content (AvgIpc) is 3.13. The lowest BCUT2D eigenvalue weighted by Gasteiger charge is -2.34. The van der Waals surface area contributed by atoms with Gasteiger partial charge in [-0.2, -0.15) is 5.10 Å². The van der Waals surface area contributed by atoms with Crippen molar-refractivity contribution in [1.82, 2.24) is 14.7 Å². The molecule has 3 aliphatic rings. The van der Waals surface area contributed by atoms with Gasteiger partial charge in [0.05, 0.1) is 11.8 Å². The van der Waals surface area contributed by atoms with Crippen molar-refractivity contribution in [1.29, 1.82) is 0 Å². The summed E-state index contributed by atoms with van der Waals surface area (Å²) in [5, 5.41) is 5.30. The summed E-state index contributed by atoms with van der Waals surface area (Å²) in [6.07, 6.45) is 9.34. The number of fused-ring (bicyclic) bond motifs is 2. The van der Waals surface area contributed by atoms with Gasteiger partial charge in [-0.1, -0.05) is 18.2 Å². The molecule has 1 aromatic carbocycles. The third kappa shape index (κ3) is 4.03. The van der Waals surface area contributed by atoms with Crippen LogP contribution in [0.1, 0.15) is 74.9 Å². The van der Waals surface area contributed by atoms with Gasteiger partial charge in [0.2, 0.25) is 0 Å². The zero-order valence-electron chi connectivity index (χ0n) is 20.7. The number of aliphatic imine (C=N–C) groups is 1. The molecule has 0 unspecified atom stereocenters. The quantitative estimate of drug-likeness (QED) is 0.534. The summed E-state index contributed by atoms with van der Waals surface area (Å²) in [5.74, 6) is 1.17. The van der Waals surface area contributed by atoms with E-state index in [9.17, 15) is 0 Å². The van der Waals surface area contributed by atoms with Crippen LogP contribution in [0.15, 0.2) is 47.1 Å². The first kappa shape index (κ1) is 22.0. The molecule has 1 aliphatic carbocycles. The maximum absolute atomic E-state index is 5.30. The molecule has 5 rings (SSSR count). The van der Waals surface area contributed by atoms with Crippen LogP contribution in [0, 0.1) is 0 Å². The predicted octanol–water partition coefficient (Wildman–Crippen LogP) is 5.97. The third-order valence-corrected chi connectivity index (χ3v) is 7.44. The minimum absolute atomic E-state index is 0.586. The van der Waals surface area contributed by atoms with Crippen LogP contribution in [-0.2, 0) is 19.4 Å². The van der Waals surface area contributed by atoms with Gasteiger partial charge in [0.25, 0.3) is 0 Å². The minimum atomic E-state index is 0.586. The smallest absolute Gasteiger partial charge is 0.160 e. The van der Waals surface area contributed by atoms with Crippen LogP contribution in [0.5, 0.6) is 0 Å². The second-order valence-corrected chi connectivity index (χ2v) is 10.1. The lowest BCUT2D eigenvalue weighted by atomic mass is 9.92. The van der Waals surface area contributed by atoms with Crippen molar-refractivity contribution < 1.29 is 0 Å². The molecule has 0 bridgehead atoms. The Morgan fingerprint density at radius 3 is 2.61 bits per heavy atom. The van der Waals surface area contributed by atoms with E-state index < -0.39 is 0 Å². The van der Waals surface area contributed by atoms with Crippen LogP contribution in [-0.4, -0.2) is 40.5 Å². The van der Waals surface area contributed by atoms with Gasteiger partial charge in [0.15, 0.2) is 5.82 Å². The van der Waals surface area contributed by atoms with Crippen molar-refractivity contribution in [2.24, 2.45) is 4.99 Å². The van der Waals surface area contributed by atoms with Gasteiger partial charge in [0.1, 0.15) is 0 Å². The van der Waals surface area contributed by atoms with Crippen LogP contribution in [0.25, 0.3) is 0 Å². The van der Waals surface area contributed by atoms with Gasteiger partial charge >= 0.3 is 0 Å². The Kier molecular flexibility index (Phi) is 5.90. The van der Waals surface area contributed by atoms with Crippen molar-refractivity contribution in [3.8, 4) is 0 Å². The number of benzene rings is 1. The van der Waals surface area contributed by atoms with Gasteiger partial charge < -0.3 is 9.80 Å². The summed E-state index contributed by atoms with van der Waals surface area (Å²) in [7, 11) is 1.88. The van der Waals surface area contributed by atoms with Gasteiger partial charge in [0, 0.05) is 61.3 Å². The Morgan fingerprint density at radius 1 is 1.12 bits per heavy atom. The van der Waals surface area contributed by atoms with E-state index in [2.05, 4.69) is 71.1 Å². The first-order valence-corrected chi connectivity index (χ1v) is 12.5. The largest absolute Gasteiger partial charge is 0.371 e. The SMILES string of the molecule is C=C(C)N1CCc2c(c(N3CCCc4cc(/C(C=C(C)C)=N/C)ccc43)nn2C2CCC2)C1. The highest BCUT2D eigenvalue weighted by Gasteiger charge is 2.33. The minimum Gasteiger partial charge on any atom is -0.371 e. The molecule has 2 aromatic rings. The Balaban J connectivity index is 1.55. The standard InChI is InChI=1S/C28H37N5/c1-19(2)16-25(29-5)21-11-12-26-22(17-21)8-7-14-32(26)28-24-18-31(20(3)4)15-13-27(24)33(30-28)23-9-6-10-23/h11-12,16-17,23H,3,6-10,13-15,18H2,1-2,4-5H3/b29-25+. The van der Waals surface area contributed by atoms with Crippen LogP contribution >= 0.6 is 0 Å². The molecule has 3 heterocycles. The first-order valence-electron chi connectivity index (χ1n) is 12.5. The van der Waals surface area contributed by atoms with Gasteiger partial charge in [-0.3, -0.25) is 9.67 Å². The molecule has 2 aliphatic heterocycles. The lowest BCUT2D eigenvalue weighted by Crippen LogP contribution is -2.32. The summed E-state index contributed by atoms with van der Waals surface area (Å²) >= 11 is 0. The zero-order chi connectivity index (χ0) is 23.1. The lowest BCUT2D eigenvalue weighted by molar-refractivity contribution is 0.267. The van der Waals surface area contributed by atoms with E-state index >= 15 is 0 Å². The molecule has 0 saturated heterocycles. The molecule has 0 spiro atoms. The van der Waals surface area contributed by atoms with Gasteiger partial charge in [-0.15, -0.1) is 0 Å². The average molecular weight is 444 g/mol. The van der Waals surface area contributed by atoms with E-state index in [4.69, 9.17) is 5.10 Å².